The Labute approximate surface area is 171 Å². The van der Waals surface area contributed by atoms with Crippen molar-refractivity contribution in [3.8, 4) is 11.4 Å². The summed E-state index contributed by atoms with van der Waals surface area (Å²) in [4.78, 5) is 28.5. The van der Waals surface area contributed by atoms with Crippen molar-refractivity contribution in [3.05, 3.63) is 35.7 Å². The van der Waals surface area contributed by atoms with Crippen LogP contribution in [-0.2, 0) is 20.7 Å². The predicted octanol–water partition coefficient (Wildman–Crippen LogP) is 3.61. The fourth-order valence-corrected chi connectivity index (χ4v) is 3.47. The Balaban J connectivity index is 1.40. The molecule has 1 heterocycles. The van der Waals surface area contributed by atoms with E-state index in [1.807, 2.05) is 31.2 Å². The Morgan fingerprint density at radius 3 is 2.66 bits per heavy atom. The number of ether oxygens (including phenoxy) is 1. The van der Waals surface area contributed by atoms with Gasteiger partial charge in [0.2, 0.25) is 11.7 Å². The van der Waals surface area contributed by atoms with Gasteiger partial charge in [-0.25, -0.2) is 0 Å². The molecule has 0 saturated heterocycles. The summed E-state index contributed by atoms with van der Waals surface area (Å²) < 4.78 is 10.4. The van der Waals surface area contributed by atoms with Crippen LogP contribution in [0, 0.1) is 12.8 Å². The highest BCUT2D eigenvalue weighted by atomic mass is 16.5. The summed E-state index contributed by atoms with van der Waals surface area (Å²) >= 11 is 0. The number of carbonyl (C=O) groups excluding carboxylic acids is 2. The molecule has 1 fully saturated rings. The molecule has 7 nitrogen and oxygen atoms in total. The number of hydrogen-bond acceptors (Lipinski definition) is 6. The smallest absolute Gasteiger partial charge is 0.307 e. The summed E-state index contributed by atoms with van der Waals surface area (Å²) in [6, 6.07) is 7.80. The van der Waals surface area contributed by atoms with Crippen molar-refractivity contribution < 1.29 is 18.8 Å². The lowest BCUT2D eigenvalue weighted by atomic mass is 9.89. The van der Waals surface area contributed by atoms with E-state index in [4.69, 9.17) is 9.26 Å². The first-order chi connectivity index (χ1) is 14.0. The van der Waals surface area contributed by atoms with Gasteiger partial charge in [-0.05, 0) is 32.6 Å². The third-order valence-corrected chi connectivity index (χ3v) is 5.29. The molecule has 1 amide bonds. The van der Waals surface area contributed by atoms with Gasteiger partial charge in [0.05, 0.1) is 6.42 Å². The average molecular weight is 399 g/mol. The lowest BCUT2D eigenvalue weighted by Crippen LogP contribution is -2.38. The third-order valence-electron chi connectivity index (χ3n) is 5.29. The van der Waals surface area contributed by atoms with Crippen molar-refractivity contribution >= 4 is 11.9 Å². The molecular formula is C22H29N3O4. The Bertz CT molecular complexity index is 810. The van der Waals surface area contributed by atoms with E-state index in [2.05, 4.69) is 15.5 Å². The van der Waals surface area contributed by atoms with Gasteiger partial charge < -0.3 is 14.6 Å². The number of aryl methyl sites for hydroxylation is 2. The van der Waals surface area contributed by atoms with Gasteiger partial charge in [0.25, 0.3) is 5.91 Å². The zero-order valence-corrected chi connectivity index (χ0v) is 17.1. The SMILES string of the molecule is Cc1ccc(-c2noc(CCC(=O)OC(C)C(=O)NCC3CCCCC3)n2)cc1. The van der Waals surface area contributed by atoms with Crippen LogP contribution in [0.15, 0.2) is 28.8 Å². The van der Waals surface area contributed by atoms with E-state index in [1.54, 1.807) is 6.92 Å². The van der Waals surface area contributed by atoms with Crippen molar-refractivity contribution in [2.75, 3.05) is 6.54 Å². The fourth-order valence-electron chi connectivity index (χ4n) is 3.47. The Kier molecular flexibility index (Phi) is 7.38. The van der Waals surface area contributed by atoms with Crippen molar-refractivity contribution in [1.82, 2.24) is 15.5 Å². The molecule has 1 N–H and O–H groups in total. The molecule has 1 saturated carbocycles. The third kappa shape index (κ3) is 6.41. The van der Waals surface area contributed by atoms with E-state index in [0.717, 1.165) is 24.0 Å². The van der Waals surface area contributed by atoms with Crippen molar-refractivity contribution in [2.45, 2.75) is 64.9 Å². The topological polar surface area (TPSA) is 94.3 Å². The van der Waals surface area contributed by atoms with Crippen LogP contribution >= 0.6 is 0 Å². The second-order valence-corrected chi connectivity index (χ2v) is 7.76. The van der Waals surface area contributed by atoms with Gasteiger partial charge in [-0.15, -0.1) is 0 Å². The van der Waals surface area contributed by atoms with E-state index >= 15 is 0 Å². The first-order valence-corrected chi connectivity index (χ1v) is 10.4. The summed E-state index contributed by atoms with van der Waals surface area (Å²) in [5, 5.41) is 6.85. The van der Waals surface area contributed by atoms with E-state index in [-0.39, 0.29) is 18.7 Å². The quantitative estimate of drug-likeness (QED) is 0.682. The maximum absolute atomic E-state index is 12.2. The van der Waals surface area contributed by atoms with Gasteiger partial charge in [0, 0.05) is 18.5 Å². The lowest BCUT2D eigenvalue weighted by Gasteiger charge is -2.22. The number of esters is 1. The van der Waals surface area contributed by atoms with Crippen LogP contribution in [0.3, 0.4) is 0 Å². The minimum Gasteiger partial charge on any atom is -0.453 e. The number of nitrogens with zero attached hydrogens (tertiary/aromatic N) is 2. The van der Waals surface area contributed by atoms with Crippen molar-refractivity contribution in [1.29, 1.82) is 0 Å². The number of nitrogens with one attached hydrogen (secondary N) is 1. The minimum absolute atomic E-state index is 0.0791. The molecule has 1 aliphatic carbocycles. The lowest BCUT2D eigenvalue weighted by molar-refractivity contribution is -0.154. The summed E-state index contributed by atoms with van der Waals surface area (Å²) in [5.74, 6) is 0.690. The van der Waals surface area contributed by atoms with Gasteiger partial charge in [0.1, 0.15) is 0 Å². The molecule has 1 aromatic heterocycles. The van der Waals surface area contributed by atoms with Crippen LogP contribution < -0.4 is 5.32 Å². The zero-order valence-electron chi connectivity index (χ0n) is 17.1. The highest BCUT2D eigenvalue weighted by Gasteiger charge is 2.20. The zero-order chi connectivity index (χ0) is 20.6. The Morgan fingerprint density at radius 2 is 1.93 bits per heavy atom. The van der Waals surface area contributed by atoms with E-state index in [9.17, 15) is 9.59 Å². The van der Waals surface area contributed by atoms with Gasteiger partial charge >= 0.3 is 5.97 Å². The first-order valence-electron chi connectivity index (χ1n) is 10.4. The van der Waals surface area contributed by atoms with Gasteiger partial charge in [-0.3, -0.25) is 9.59 Å². The molecule has 2 aromatic rings. The molecule has 0 spiro atoms. The number of rotatable bonds is 8. The summed E-state index contributed by atoms with van der Waals surface area (Å²) in [6.07, 6.45) is 5.59. The van der Waals surface area contributed by atoms with Crippen molar-refractivity contribution in [2.24, 2.45) is 5.92 Å². The number of benzene rings is 1. The molecule has 3 rings (SSSR count). The largest absolute Gasteiger partial charge is 0.453 e. The van der Waals surface area contributed by atoms with Crippen LogP contribution in [0.2, 0.25) is 0 Å². The van der Waals surface area contributed by atoms with Crippen LogP contribution in [-0.4, -0.2) is 34.7 Å². The number of aromatic nitrogens is 2. The highest BCUT2D eigenvalue weighted by molar-refractivity contribution is 5.83. The fraction of sp³-hybridized carbons (Fsp3) is 0.545. The van der Waals surface area contributed by atoms with Crippen LogP contribution in [0.5, 0.6) is 0 Å². The molecule has 0 aliphatic heterocycles. The van der Waals surface area contributed by atoms with E-state index < -0.39 is 12.1 Å². The molecular weight excluding hydrogens is 370 g/mol. The maximum atomic E-state index is 12.2. The van der Waals surface area contributed by atoms with Crippen LogP contribution in [0.1, 0.15) is 56.9 Å². The molecule has 0 radical (unpaired) electrons. The maximum Gasteiger partial charge on any atom is 0.307 e. The minimum atomic E-state index is -0.808. The number of amides is 1. The molecule has 156 valence electrons. The molecule has 1 aromatic carbocycles. The molecule has 1 atom stereocenters. The normalized spacial score (nSPS) is 15.7. The molecule has 29 heavy (non-hydrogen) atoms. The van der Waals surface area contributed by atoms with Crippen LogP contribution in [0.4, 0.5) is 0 Å². The summed E-state index contributed by atoms with van der Waals surface area (Å²) in [7, 11) is 0. The average Bonchev–Trinajstić information content (AvgIpc) is 3.21. The summed E-state index contributed by atoms with van der Waals surface area (Å²) in [6.45, 7) is 4.26. The molecule has 0 bridgehead atoms. The predicted molar refractivity (Wildman–Crippen MR) is 108 cm³/mol. The Morgan fingerprint density at radius 1 is 1.21 bits per heavy atom. The van der Waals surface area contributed by atoms with Gasteiger partial charge in [0.15, 0.2) is 6.10 Å². The van der Waals surface area contributed by atoms with Crippen LogP contribution in [0.25, 0.3) is 11.4 Å². The second-order valence-electron chi connectivity index (χ2n) is 7.76. The highest BCUT2D eigenvalue weighted by Crippen LogP contribution is 2.22. The standard InChI is InChI=1S/C22H29N3O4/c1-15-8-10-18(11-9-15)21-24-19(29-25-21)12-13-20(26)28-16(2)22(27)23-14-17-6-4-3-5-7-17/h8-11,16-17H,3-7,12-14H2,1-2H3,(H,23,27). The second kappa shape index (κ2) is 10.2. The molecule has 7 heteroatoms. The summed E-state index contributed by atoms with van der Waals surface area (Å²) in [5.41, 5.74) is 2.01. The number of hydrogen-bond donors (Lipinski definition) is 1. The van der Waals surface area contributed by atoms with E-state index in [1.165, 1.54) is 19.3 Å². The molecule has 1 unspecified atom stereocenters. The first kappa shape index (κ1) is 21.0. The number of carbonyl (C=O) groups is 2. The molecule has 1 aliphatic rings. The van der Waals surface area contributed by atoms with Gasteiger partial charge in [-0.1, -0.05) is 54.2 Å². The van der Waals surface area contributed by atoms with Gasteiger partial charge in [-0.2, -0.15) is 4.98 Å². The monoisotopic (exact) mass is 399 g/mol. The van der Waals surface area contributed by atoms with Crippen molar-refractivity contribution in [3.63, 3.8) is 0 Å². The Hall–Kier alpha value is -2.70. The van der Waals surface area contributed by atoms with E-state index in [0.29, 0.717) is 24.2 Å².